The van der Waals surface area contributed by atoms with Gasteiger partial charge in [-0.3, -0.25) is 9.11 Å². The fraction of sp³-hybridized carbons (Fsp3) is 0.143. The molecular weight excluding hydrogens is 344 g/mol. The van der Waals surface area contributed by atoms with Gasteiger partial charge in [-0.25, -0.2) is 4.72 Å². The van der Waals surface area contributed by atoms with Gasteiger partial charge in [0.25, 0.3) is 0 Å². The van der Waals surface area contributed by atoms with Crippen LogP contribution >= 0.6 is 10.8 Å². The van der Waals surface area contributed by atoms with Crippen molar-refractivity contribution >= 4 is 16.5 Å². The third-order valence-electron chi connectivity index (χ3n) is 4.62. The van der Waals surface area contributed by atoms with Crippen molar-refractivity contribution in [2.45, 2.75) is 17.4 Å². The maximum atomic E-state index is 10.5. The molecule has 3 aromatic carbocycles. The number of rotatable bonds is 4. The van der Waals surface area contributed by atoms with E-state index in [1.807, 2.05) is 36.4 Å². The van der Waals surface area contributed by atoms with Crippen LogP contribution in [0, 0.1) is 0 Å². The van der Waals surface area contributed by atoms with Gasteiger partial charge < -0.3 is 5.32 Å². The highest BCUT2D eigenvalue weighted by Gasteiger charge is 2.24. The first-order valence-corrected chi connectivity index (χ1v) is 10.2. The van der Waals surface area contributed by atoms with Gasteiger partial charge in [0.1, 0.15) is 0 Å². The molecule has 26 heavy (non-hydrogen) atoms. The van der Waals surface area contributed by atoms with Gasteiger partial charge in [-0.1, -0.05) is 54.6 Å². The van der Waals surface area contributed by atoms with Crippen LogP contribution in [0.1, 0.15) is 8.42 Å². The van der Waals surface area contributed by atoms with Gasteiger partial charge in [-0.2, -0.15) is 0 Å². The molecule has 4 nitrogen and oxygen atoms in total. The Kier molecular flexibility index (Phi) is 4.70. The standard InChI is InChI=1S/C21H22N2O2S.2H2/c24-26(25,20-9-5-2-6-10-20)23-19-14-18-13-17(11-12-21(18)22-15-19)16-7-3-1-4-8-16;;/h1-13,19,22-25H,14-15H2;2*1H. The Labute approximate surface area is 158 Å². The van der Waals surface area contributed by atoms with Crippen molar-refractivity contribution in [3.05, 3.63) is 84.4 Å². The molecule has 0 saturated heterocycles. The average Bonchev–Trinajstić information content (AvgIpc) is 2.68. The van der Waals surface area contributed by atoms with Crippen LogP contribution in [0.5, 0.6) is 0 Å². The van der Waals surface area contributed by atoms with E-state index < -0.39 is 10.8 Å². The quantitative estimate of drug-likeness (QED) is 0.490. The highest BCUT2D eigenvalue weighted by atomic mass is 32.3. The van der Waals surface area contributed by atoms with E-state index in [0.717, 1.165) is 12.1 Å². The average molecular weight is 371 g/mol. The first-order valence-electron chi connectivity index (χ1n) is 8.65. The maximum absolute atomic E-state index is 10.5. The highest BCUT2D eigenvalue weighted by molar-refractivity contribution is 8.22. The molecule has 1 aliphatic heterocycles. The van der Waals surface area contributed by atoms with E-state index in [0.29, 0.717) is 11.4 Å². The summed E-state index contributed by atoms with van der Waals surface area (Å²) < 4.78 is 24.1. The summed E-state index contributed by atoms with van der Waals surface area (Å²) in [5.41, 5.74) is 4.64. The first-order chi connectivity index (χ1) is 12.6. The summed E-state index contributed by atoms with van der Waals surface area (Å²) in [6.45, 7) is 0.653. The van der Waals surface area contributed by atoms with Crippen LogP contribution in [-0.4, -0.2) is 21.7 Å². The van der Waals surface area contributed by atoms with Crippen LogP contribution in [0.2, 0.25) is 0 Å². The van der Waals surface area contributed by atoms with Gasteiger partial charge in [-0.15, -0.1) is 10.8 Å². The summed E-state index contributed by atoms with van der Waals surface area (Å²) in [6.07, 6.45) is 0.742. The van der Waals surface area contributed by atoms with Crippen molar-refractivity contribution < 1.29 is 12.0 Å². The second-order valence-electron chi connectivity index (χ2n) is 6.50. The van der Waals surface area contributed by atoms with Crippen molar-refractivity contribution in [1.82, 2.24) is 4.72 Å². The minimum absolute atomic E-state index is 0. The number of hydrogen-bond acceptors (Lipinski definition) is 4. The van der Waals surface area contributed by atoms with Crippen molar-refractivity contribution in [3.8, 4) is 11.1 Å². The molecule has 1 atom stereocenters. The molecular formula is C21H26N2O2S. The second kappa shape index (κ2) is 7.13. The molecule has 138 valence electrons. The second-order valence-corrected chi connectivity index (χ2v) is 8.30. The third-order valence-corrected chi connectivity index (χ3v) is 6.21. The van der Waals surface area contributed by atoms with Crippen LogP contribution in [0.3, 0.4) is 0 Å². The Bertz CT molecular complexity index is 895. The molecule has 1 unspecified atom stereocenters. The zero-order chi connectivity index (χ0) is 18.0. The van der Waals surface area contributed by atoms with Crippen LogP contribution in [0.4, 0.5) is 5.69 Å². The first kappa shape index (κ1) is 17.1. The van der Waals surface area contributed by atoms with E-state index in [4.69, 9.17) is 0 Å². The fourth-order valence-electron chi connectivity index (χ4n) is 3.31. The number of fused-ring (bicyclic) bond motifs is 1. The Morgan fingerprint density at radius 3 is 2.31 bits per heavy atom. The number of nitrogens with one attached hydrogen (secondary N) is 2. The summed E-state index contributed by atoms with van der Waals surface area (Å²) in [6, 6.07) is 25.6. The molecule has 0 radical (unpaired) electrons. The normalized spacial score (nSPS) is 17.2. The van der Waals surface area contributed by atoms with Gasteiger partial charge in [0.2, 0.25) is 0 Å². The molecule has 5 heteroatoms. The lowest BCUT2D eigenvalue weighted by atomic mass is 9.95. The number of hydrogen-bond donors (Lipinski definition) is 4. The van der Waals surface area contributed by atoms with Crippen LogP contribution in [0.25, 0.3) is 11.1 Å². The molecule has 0 aromatic heterocycles. The molecule has 1 aliphatic rings. The minimum Gasteiger partial charge on any atom is -0.383 e. The van der Waals surface area contributed by atoms with Gasteiger partial charge in [0.15, 0.2) is 0 Å². The molecule has 0 saturated carbocycles. The SMILES string of the molecule is OS(O)(NC1CNc2ccc(-c3ccccc3)cc2C1)c1ccccc1.[HH].[HH]. The van der Waals surface area contributed by atoms with E-state index >= 15 is 0 Å². The Morgan fingerprint density at radius 1 is 0.885 bits per heavy atom. The molecule has 0 bridgehead atoms. The van der Waals surface area contributed by atoms with Gasteiger partial charge in [0.05, 0.1) is 4.90 Å². The van der Waals surface area contributed by atoms with Crippen molar-refractivity contribution in [2.75, 3.05) is 11.9 Å². The van der Waals surface area contributed by atoms with Crippen molar-refractivity contribution in [2.24, 2.45) is 0 Å². The van der Waals surface area contributed by atoms with Crippen LogP contribution < -0.4 is 10.0 Å². The van der Waals surface area contributed by atoms with E-state index in [1.165, 1.54) is 16.7 Å². The minimum atomic E-state index is -3.01. The molecule has 3 aromatic rings. The molecule has 0 amide bonds. The van der Waals surface area contributed by atoms with Gasteiger partial charge in [-0.05, 0) is 47.4 Å². The van der Waals surface area contributed by atoms with Gasteiger partial charge >= 0.3 is 0 Å². The largest absolute Gasteiger partial charge is 0.383 e. The third kappa shape index (κ3) is 3.61. The van der Waals surface area contributed by atoms with Crippen LogP contribution in [-0.2, 0) is 6.42 Å². The van der Waals surface area contributed by atoms with Crippen molar-refractivity contribution in [1.29, 1.82) is 0 Å². The van der Waals surface area contributed by atoms with E-state index in [2.05, 4.69) is 40.4 Å². The Morgan fingerprint density at radius 2 is 1.58 bits per heavy atom. The molecule has 0 fully saturated rings. The van der Waals surface area contributed by atoms with E-state index in [-0.39, 0.29) is 8.90 Å². The topological polar surface area (TPSA) is 64.5 Å². The molecule has 0 aliphatic carbocycles. The Hall–Kier alpha value is -2.31. The lowest BCUT2D eigenvalue weighted by Gasteiger charge is -2.38. The number of anilines is 1. The summed E-state index contributed by atoms with van der Waals surface area (Å²) in [5.74, 6) is 0. The van der Waals surface area contributed by atoms with E-state index in [9.17, 15) is 9.11 Å². The monoisotopic (exact) mass is 370 g/mol. The lowest BCUT2D eigenvalue weighted by molar-refractivity contribution is 0.451. The highest BCUT2D eigenvalue weighted by Crippen LogP contribution is 2.44. The summed E-state index contributed by atoms with van der Waals surface area (Å²) in [7, 11) is -3.01. The summed E-state index contributed by atoms with van der Waals surface area (Å²) in [5, 5.41) is 3.39. The number of benzene rings is 3. The smallest absolute Gasteiger partial charge is 0.0750 e. The molecule has 1 heterocycles. The van der Waals surface area contributed by atoms with Gasteiger partial charge in [0, 0.05) is 21.1 Å². The Balaban J connectivity index is 0.00000140. The molecule has 4 N–H and O–H groups in total. The zero-order valence-electron chi connectivity index (χ0n) is 14.3. The molecule has 4 rings (SSSR count). The predicted octanol–water partition coefficient (Wildman–Crippen LogP) is 5.50. The maximum Gasteiger partial charge on any atom is 0.0750 e. The fourth-order valence-corrected chi connectivity index (χ4v) is 4.61. The summed E-state index contributed by atoms with van der Waals surface area (Å²) >= 11 is 0. The summed E-state index contributed by atoms with van der Waals surface area (Å²) in [4.78, 5) is 0.517. The predicted molar refractivity (Wildman–Crippen MR) is 113 cm³/mol. The van der Waals surface area contributed by atoms with Crippen LogP contribution in [0.15, 0.2) is 83.8 Å². The van der Waals surface area contributed by atoms with E-state index in [1.54, 1.807) is 12.1 Å². The molecule has 0 spiro atoms. The van der Waals surface area contributed by atoms with Crippen molar-refractivity contribution in [3.63, 3.8) is 0 Å². The lowest BCUT2D eigenvalue weighted by Crippen LogP contribution is -2.41. The zero-order valence-corrected chi connectivity index (χ0v) is 15.1.